The largest absolute Gasteiger partial charge is 0.491 e. The highest BCUT2D eigenvalue weighted by Crippen LogP contribution is 2.32. The molecule has 1 amide bonds. The van der Waals surface area contributed by atoms with Crippen LogP contribution in [0.25, 0.3) is 6.08 Å². The molecular weight excluding hydrogens is 492 g/mol. The van der Waals surface area contributed by atoms with E-state index in [0.717, 1.165) is 10.8 Å². The van der Waals surface area contributed by atoms with E-state index >= 15 is 0 Å². The van der Waals surface area contributed by atoms with Crippen molar-refractivity contribution in [2.45, 2.75) is 27.2 Å². The van der Waals surface area contributed by atoms with Crippen LogP contribution < -0.4 is 14.2 Å². The Labute approximate surface area is 220 Å². The number of carbonyl (C=O) groups is 1. The Bertz CT molecular complexity index is 1240. The van der Waals surface area contributed by atoms with E-state index < -0.39 is 5.91 Å². The third kappa shape index (κ3) is 6.78. The molecular formula is C27H30N4O5S. The van der Waals surface area contributed by atoms with Crippen molar-refractivity contribution in [2.24, 2.45) is 10.1 Å². The van der Waals surface area contributed by atoms with Gasteiger partial charge in [-0.25, -0.2) is 0 Å². The van der Waals surface area contributed by atoms with Crippen LogP contribution in [0.3, 0.4) is 0 Å². The first kappa shape index (κ1) is 26.4. The van der Waals surface area contributed by atoms with Crippen molar-refractivity contribution in [3.63, 3.8) is 0 Å². The van der Waals surface area contributed by atoms with E-state index in [1.54, 1.807) is 24.3 Å². The van der Waals surface area contributed by atoms with E-state index in [1.165, 1.54) is 22.3 Å². The van der Waals surface area contributed by atoms with Gasteiger partial charge in [0, 0.05) is 0 Å². The molecule has 0 atom stereocenters. The first-order valence-corrected chi connectivity index (χ1v) is 13.0. The zero-order valence-corrected chi connectivity index (χ0v) is 22.0. The first-order valence-electron chi connectivity index (χ1n) is 12.1. The number of hydrazone groups is 1. The van der Waals surface area contributed by atoms with E-state index in [9.17, 15) is 4.79 Å². The maximum Gasteiger partial charge on any atom is 0.283 e. The lowest BCUT2D eigenvalue weighted by Gasteiger charge is -2.20. The second-order valence-electron chi connectivity index (χ2n) is 8.13. The number of hydrogen-bond acceptors (Lipinski definition) is 8. The van der Waals surface area contributed by atoms with Gasteiger partial charge in [-0.05, 0) is 67.9 Å². The third-order valence-electron chi connectivity index (χ3n) is 5.38. The molecule has 2 heterocycles. The summed E-state index contributed by atoms with van der Waals surface area (Å²) in [4.78, 5) is 16.7. The minimum absolute atomic E-state index is 0.00717. The molecule has 0 bridgehead atoms. The van der Waals surface area contributed by atoms with E-state index in [4.69, 9.17) is 24.4 Å². The quantitative estimate of drug-likeness (QED) is 0.312. The summed E-state index contributed by atoms with van der Waals surface area (Å²) in [5.41, 5.74) is 2.05. The molecule has 2 aromatic carbocycles. The van der Waals surface area contributed by atoms with Crippen LogP contribution in [0.4, 0.5) is 0 Å². The molecule has 37 heavy (non-hydrogen) atoms. The van der Waals surface area contributed by atoms with E-state index in [0.29, 0.717) is 61.7 Å². The predicted molar refractivity (Wildman–Crippen MR) is 146 cm³/mol. The molecule has 0 aromatic heterocycles. The number of ether oxygens (including phenoxy) is 4. The summed E-state index contributed by atoms with van der Waals surface area (Å²) in [5.74, 6) is 1.48. The van der Waals surface area contributed by atoms with Gasteiger partial charge in [-0.1, -0.05) is 30.7 Å². The second kappa shape index (κ2) is 12.6. The summed E-state index contributed by atoms with van der Waals surface area (Å²) in [7, 11) is 0. The number of nitrogens with zero attached hydrogens (tertiary/aromatic N) is 3. The summed E-state index contributed by atoms with van der Waals surface area (Å²) in [6.45, 7) is 7.99. The fraction of sp³-hybridized carbons (Fsp3) is 0.333. The third-order valence-corrected chi connectivity index (χ3v) is 6.43. The Morgan fingerprint density at radius 1 is 0.973 bits per heavy atom. The van der Waals surface area contributed by atoms with Crippen LogP contribution in [0.5, 0.6) is 17.2 Å². The number of fused-ring (bicyclic) bond motifs is 1. The zero-order valence-electron chi connectivity index (χ0n) is 21.2. The zero-order chi connectivity index (χ0) is 26.2. The molecule has 0 saturated heterocycles. The monoisotopic (exact) mass is 522 g/mol. The summed E-state index contributed by atoms with van der Waals surface area (Å²) in [6.07, 6.45) is 2.34. The van der Waals surface area contributed by atoms with Gasteiger partial charge in [0.25, 0.3) is 5.91 Å². The predicted octanol–water partition coefficient (Wildman–Crippen LogP) is 4.90. The van der Waals surface area contributed by atoms with E-state index in [2.05, 4.69) is 10.1 Å². The Morgan fingerprint density at radius 3 is 2.46 bits per heavy atom. The molecule has 0 saturated carbocycles. The number of nitrogens with one attached hydrogen (secondary N) is 1. The Balaban J connectivity index is 1.32. The first-order chi connectivity index (χ1) is 18.0. The van der Waals surface area contributed by atoms with Crippen LogP contribution in [0, 0.1) is 12.3 Å². The van der Waals surface area contributed by atoms with Crippen LogP contribution in [0.1, 0.15) is 31.4 Å². The Morgan fingerprint density at radius 2 is 1.73 bits per heavy atom. The number of thioether (sulfide) groups is 1. The average Bonchev–Trinajstić information content (AvgIpc) is 3.31. The molecule has 0 fully saturated rings. The highest BCUT2D eigenvalue weighted by Gasteiger charge is 2.35. The molecule has 2 aliphatic rings. The number of aryl methyl sites for hydroxylation is 1. The molecule has 2 aromatic rings. The van der Waals surface area contributed by atoms with Gasteiger partial charge >= 0.3 is 0 Å². The van der Waals surface area contributed by atoms with Gasteiger partial charge in [0.05, 0.1) is 25.4 Å². The van der Waals surface area contributed by atoms with E-state index in [-0.39, 0.29) is 11.4 Å². The van der Waals surface area contributed by atoms with Gasteiger partial charge in [0.2, 0.25) is 5.17 Å². The standard InChI is InChI=1S/C27H30N4O5S/c1-4-24-30-31-25(28)21(26(32)29-27(31)37-24)16-19-8-11-22(23(17-19)34-5-2)36-15-13-33-12-14-35-20-9-6-18(3)7-10-20/h6-11,16-17,28H,4-5,12-15H2,1-3H3/b21-16+,28-25?. The van der Waals surface area contributed by atoms with Crippen LogP contribution in [0.2, 0.25) is 0 Å². The van der Waals surface area contributed by atoms with Crippen LogP contribution in [-0.4, -0.2) is 60.0 Å². The van der Waals surface area contributed by atoms with Crippen molar-refractivity contribution in [1.29, 1.82) is 5.41 Å². The van der Waals surface area contributed by atoms with Crippen molar-refractivity contribution >= 4 is 39.8 Å². The van der Waals surface area contributed by atoms with Crippen molar-refractivity contribution < 1.29 is 23.7 Å². The summed E-state index contributed by atoms with van der Waals surface area (Å²) in [5, 5.41) is 15.5. The fourth-order valence-corrected chi connectivity index (χ4v) is 4.33. The van der Waals surface area contributed by atoms with Crippen molar-refractivity contribution in [1.82, 2.24) is 5.01 Å². The van der Waals surface area contributed by atoms with Gasteiger partial charge in [0.1, 0.15) is 24.0 Å². The van der Waals surface area contributed by atoms with E-state index in [1.807, 2.05) is 45.0 Å². The molecule has 0 unspecified atom stereocenters. The Kier molecular flexibility index (Phi) is 8.97. The molecule has 4 rings (SSSR count). The highest BCUT2D eigenvalue weighted by atomic mass is 32.2. The van der Waals surface area contributed by atoms with Crippen molar-refractivity contribution in [2.75, 3.05) is 33.0 Å². The Hall–Kier alpha value is -3.63. The molecule has 0 spiro atoms. The number of hydrogen-bond donors (Lipinski definition) is 1. The SMILES string of the molecule is CCOc1cc(/C=C2\C(=N)N3N=C(CC)SC3=NC2=O)ccc1OCCOCCOc1ccc(C)cc1. The highest BCUT2D eigenvalue weighted by molar-refractivity contribution is 8.26. The lowest BCUT2D eigenvalue weighted by atomic mass is 10.1. The molecule has 2 aliphatic heterocycles. The minimum Gasteiger partial charge on any atom is -0.491 e. The minimum atomic E-state index is -0.460. The smallest absolute Gasteiger partial charge is 0.283 e. The number of aliphatic imine (C=N–C) groups is 1. The normalized spacial score (nSPS) is 16.0. The van der Waals surface area contributed by atoms with Crippen molar-refractivity contribution in [3.05, 3.63) is 59.2 Å². The van der Waals surface area contributed by atoms with Crippen LogP contribution in [0.15, 0.2) is 58.1 Å². The summed E-state index contributed by atoms with van der Waals surface area (Å²) in [6, 6.07) is 13.3. The van der Waals surface area contributed by atoms with Gasteiger partial charge < -0.3 is 18.9 Å². The van der Waals surface area contributed by atoms with Crippen LogP contribution >= 0.6 is 11.8 Å². The molecule has 10 heteroatoms. The molecule has 1 N–H and O–H groups in total. The van der Waals surface area contributed by atoms with Crippen LogP contribution in [-0.2, 0) is 9.53 Å². The number of benzene rings is 2. The summed E-state index contributed by atoms with van der Waals surface area (Å²) >= 11 is 1.32. The number of amidine groups is 2. The molecule has 0 radical (unpaired) electrons. The fourth-order valence-electron chi connectivity index (χ4n) is 3.51. The number of carbonyl (C=O) groups excluding carboxylic acids is 1. The molecule has 194 valence electrons. The molecule has 0 aliphatic carbocycles. The maximum absolute atomic E-state index is 12.6. The van der Waals surface area contributed by atoms with Gasteiger partial charge in [-0.15, -0.1) is 0 Å². The van der Waals surface area contributed by atoms with Gasteiger partial charge in [-0.3, -0.25) is 10.2 Å². The maximum atomic E-state index is 12.6. The average molecular weight is 523 g/mol. The topological polar surface area (TPSA) is 106 Å². The lowest BCUT2D eigenvalue weighted by molar-refractivity contribution is -0.114. The van der Waals surface area contributed by atoms with Gasteiger partial charge in [0.15, 0.2) is 17.3 Å². The van der Waals surface area contributed by atoms with Gasteiger partial charge in [-0.2, -0.15) is 15.1 Å². The number of rotatable bonds is 12. The lowest BCUT2D eigenvalue weighted by Crippen LogP contribution is -2.35. The number of amides is 1. The van der Waals surface area contributed by atoms with Crippen molar-refractivity contribution in [3.8, 4) is 17.2 Å². The second-order valence-corrected chi connectivity index (χ2v) is 9.17. The summed E-state index contributed by atoms with van der Waals surface area (Å²) < 4.78 is 22.9. The molecule has 9 nitrogen and oxygen atoms in total.